The van der Waals surface area contributed by atoms with Crippen LogP contribution < -0.4 is 15.6 Å². The molecule has 0 saturated carbocycles. The molecule has 2 aromatic carbocycles. The van der Waals surface area contributed by atoms with Crippen molar-refractivity contribution < 1.29 is 9.53 Å². The molecule has 0 unspecified atom stereocenters. The van der Waals surface area contributed by atoms with Gasteiger partial charge in [0.15, 0.2) is 0 Å². The van der Waals surface area contributed by atoms with Crippen LogP contribution in [0.3, 0.4) is 0 Å². The Balaban J connectivity index is 1.70. The van der Waals surface area contributed by atoms with Crippen molar-refractivity contribution in [2.24, 2.45) is 0 Å². The van der Waals surface area contributed by atoms with Crippen LogP contribution in [0.2, 0.25) is 0 Å². The van der Waals surface area contributed by atoms with E-state index in [1.54, 1.807) is 18.6 Å². The lowest BCUT2D eigenvalue weighted by molar-refractivity contribution is -0.121. The normalized spacial score (nSPS) is 10.8. The number of fused-ring (bicyclic) bond motifs is 1. The number of ether oxygens (including phenoxy) is 1. The maximum atomic E-state index is 12.4. The van der Waals surface area contributed by atoms with Gasteiger partial charge in [-0.2, -0.15) is 0 Å². The second-order valence-corrected chi connectivity index (χ2v) is 7.04. The Kier molecular flexibility index (Phi) is 5.91. The molecule has 1 N–H and O–H groups in total. The molecule has 0 radical (unpaired) electrons. The Morgan fingerprint density at radius 3 is 2.81 bits per heavy atom. The van der Waals surface area contributed by atoms with Crippen LogP contribution in [0, 0.1) is 6.92 Å². The molecule has 0 bridgehead atoms. The average Bonchev–Trinajstić information content (AvgIpc) is 2.67. The minimum absolute atomic E-state index is 0.137. The van der Waals surface area contributed by atoms with Gasteiger partial charge in [0.05, 0.1) is 18.1 Å². The highest BCUT2D eigenvalue weighted by molar-refractivity contribution is 9.10. The first-order valence-electron chi connectivity index (χ1n) is 8.55. The molecule has 3 rings (SSSR count). The first kappa shape index (κ1) is 19.1. The molecule has 27 heavy (non-hydrogen) atoms. The van der Waals surface area contributed by atoms with E-state index in [0.29, 0.717) is 24.5 Å². The fraction of sp³-hybridized carbons (Fsp3) is 0.250. The number of methoxy groups -OCH3 is 1. The summed E-state index contributed by atoms with van der Waals surface area (Å²) in [6, 6.07) is 13.1. The Hall–Kier alpha value is -2.67. The van der Waals surface area contributed by atoms with Gasteiger partial charge in [0.25, 0.3) is 5.56 Å². The third-order valence-corrected chi connectivity index (χ3v) is 4.79. The van der Waals surface area contributed by atoms with Crippen molar-refractivity contribution in [3.63, 3.8) is 0 Å². The van der Waals surface area contributed by atoms with Gasteiger partial charge in [-0.3, -0.25) is 9.59 Å². The van der Waals surface area contributed by atoms with Gasteiger partial charge in [0, 0.05) is 29.5 Å². The lowest BCUT2D eigenvalue weighted by atomic mass is 10.2. The molecule has 3 aromatic rings. The summed E-state index contributed by atoms with van der Waals surface area (Å²) in [4.78, 5) is 29.1. The molecule has 1 aromatic heterocycles. The highest BCUT2D eigenvalue weighted by Crippen LogP contribution is 2.22. The second kappa shape index (κ2) is 8.35. The van der Waals surface area contributed by atoms with Crippen LogP contribution in [0.1, 0.15) is 17.7 Å². The standard InChI is InChI=1S/C20H20BrN3O3/c1-13-20(26)24(17-6-4-3-5-16(17)23-13)10-9-19(25)22-12-14-11-15(21)7-8-18(14)27-2/h3-8,11H,9-10,12H2,1-2H3,(H,22,25). The SMILES string of the molecule is COc1ccc(Br)cc1CNC(=O)CCn1c(=O)c(C)nc2ccccc21. The average molecular weight is 430 g/mol. The maximum Gasteiger partial charge on any atom is 0.272 e. The van der Waals surface area contributed by atoms with Crippen LogP contribution in [-0.2, 0) is 17.9 Å². The van der Waals surface area contributed by atoms with Gasteiger partial charge >= 0.3 is 0 Å². The van der Waals surface area contributed by atoms with E-state index in [1.807, 2.05) is 42.5 Å². The quantitative estimate of drug-likeness (QED) is 0.652. The van der Waals surface area contributed by atoms with Crippen molar-refractivity contribution >= 4 is 32.9 Å². The van der Waals surface area contributed by atoms with E-state index in [1.165, 1.54) is 0 Å². The number of aryl methyl sites for hydroxylation is 2. The summed E-state index contributed by atoms with van der Waals surface area (Å²) in [7, 11) is 1.60. The number of halogens is 1. The third kappa shape index (κ3) is 4.36. The zero-order valence-corrected chi connectivity index (χ0v) is 16.7. The molecule has 0 aliphatic heterocycles. The van der Waals surface area contributed by atoms with Crippen LogP contribution in [0.25, 0.3) is 11.0 Å². The Bertz CT molecular complexity index is 1050. The van der Waals surface area contributed by atoms with Crippen molar-refractivity contribution in [2.75, 3.05) is 7.11 Å². The first-order valence-corrected chi connectivity index (χ1v) is 9.34. The summed E-state index contributed by atoms with van der Waals surface area (Å²) in [6.07, 6.45) is 0.198. The molecule has 0 saturated heterocycles. The molecule has 7 heteroatoms. The van der Waals surface area contributed by atoms with Crippen molar-refractivity contribution in [3.05, 3.63) is 68.5 Å². The molecule has 0 aliphatic carbocycles. The number of carbonyl (C=O) groups excluding carboxylic acids is 1. The number of benzene rings is 2. The number of carbonyl (C=O) groups is 1. The topological polar surface area (TPSA) is 73.2 Å². The molecular formula is C20H20BrN3O3. The summed E-state index contributed by atoms with van der Waals surface area (Å²) >= 11 is 3.42. The van der Waals surface area contributed by atoms with Gasteiger partial charge in [-0.1, -0.05) is 28.1 Å². The number of rotatable bonds is 6. The number of para-hydroxylation sites is 2. The molecule has 1 amide bonds. The van der Waals surface area contributed by atoms with Gasteiger partial charge in [0.2, 0.25) is 5.91 Å². The fourth-order valence-corrected chi connectivity index (χ4v) is 3.33. The molecule has 0 spiro atoms. The van der Waals surface area contributed by atoms with Gasteiger partial charge in [-0.05, 0) is 37.3 Å². The van der Waals surface area contributed by atoms with Crippen LogP contribution in [0.4, 0.5) is 0 Å². The Morgan fingerprint density at radius 2 is 2.04 bits per heavy atom. The van der Waals surface area contributed by atoms with Crippen LogP contribution >= 0.6 is 15.9 Å². The predicted octanol–water partition coefficient (Wildman–Crippen LogP) is 3.18. The van der Waals surface area contributed by atoms with Crippen molar-refractivity contribution in [3.8, 4) is 5.75 Å². The molecule has 6 nitrogen and oxygen atoms in total. The summed E-state index contributed by atoms with van der Waals surface area (Å²) in [5.74, 6) is 0.577. The van der Waals surface area contributed by atoms with Crippen molar-refractivity contribution in [2.45, 2.75) is 26.4 Å². The van der Waals surface area contributed by atoms with Gasteiger partial charge in [-0.25, -0.2) is 4.98 Å². The van der Waals surface area contributed by atoms with E-state index in [4.69, 9.17) is 4.74 Å². The van der Waals surface area contributed by atoms with Gasteiger partial charge in [-0.15, -0.1) is 0 Å². The van der Waals surface area contributed by atoms with Gasteiger partial charge < -0.3 is 14.6 Å². The van der Waals surface area contributed by atoms with E-state index in [9.17, 15) is 9.59 Å². The fourth-order valence-electron chi connectivity index (χ4n) is 2.92. The van der Waals surface area contributed by atoms with E-state index < -0.39 is 0 Å². The van der Waals surface area contributed by atoms with Crippen LogP contribution in [0.5, 0.6) is 5.75 Å². The van der Waals surface area contributed by atoms with Gasteiger partial charge in [0.1, 0.15) is 11.4 Å². The zero-order chi connectivity index (χ0) is 19.4. The number of aromatic nitrogens is 2. The minimum atomic E-state index is -0.171. The number of nitrogens with zero attached hydrogens (tertiary/aromatic N) is 2. The molecule has 0 aliphatic rings. The highest BCUT2D eigenvalue weighted by atomic mass is 79.9. The van der Waals surface area contributed by atoms with Crippen molar-refractivity contribution in [1.29, 1.82) is 0 Å². The molecule has 0 fully saturated rings. The number of hydrogen-bond donors (Lipinski definition) is 1. The molecule has 0 atom stereocenters. The minimum Gasteiger partial charge on any atom is -0.496 e. The van der Waals surface area contributed by atoms with Crippen LogP contribution in [0.15, 0.2) is 51.7 Å². The van der Waals surface area contributed by atoms with E-state index >= 15 is 0 Å². The summed E-state index contributed by atoms with van der Waals surface area (Å²) < 4.78 is 7.84. The number of nitrogens with one attached hydrogen (secondary N) is 1. The summed E-state index contributed by atoms with van der Waals surface area (Å²) in [5.41, 5.74) is 2.61. The smallest absolute Gasteiger partial charge is 0.272 e. The lowest BCUT2D eigenvalue weighted by Gasteiger charge is -2.12. The maximum absolute atomic E-state index is 12.4. The second-order valence-electron chi connectivity index (χ2n) is 6.13. The Morgan fingerprint density at radius 1 is 1.26 bits per heavy atom. The summed E-state index contributed by atoms with van der Waals surface area (Å²) in [6.45, 7) is 2.33. The molecule has 140 valence electrons. The summed E-state index contributed by atoms with van der Waals surface area (Å²) in [5, 5.41) is 2.88. The largest absolute Gasteiger partial charge is 0.496 e. The number of amides is 1. The highest BCUT2D eigenvalue weighted by Gasteiger charge is 2.11. The Labute approximate surface area is 165 Å². The van der Waals surface area contributed by atoms with E-state index in [2.05, 4.69) is 26.2 Å². The predicted molar refractivity (Wildman–Crippen MR) is 108 cm³/mol. The molecule has 1 heterocycles. The first-order chi connectivity index (χ1) is 13.0. The molecular weight excluding hydrogens is 410 g/mol. The van der Waals surface area contributed by atoms with Crippen molar-refractivity contribution in [1.82, 2.24) is 14.9 Å². The van der Waals surface area contributed by atoms with E-state index in [0.717, 1.165) is 21.1 Å². The lowest BCUT2D eigenvalue weighted by Crippen LogP contribution is -2.29. The van der Waals surface area contributed by atoms with E-state index in [-0.39, 0.29) is 17.9 Å². The zero-order valence-electron chi connectivity index (χ0n) is 15.2. The third-order valence-electron chi connectivity index (χ3n) is 4.30. The van der Waals surface area contributed by atoms with Crippen LogP contribution in [-0.4, -0.2) is 22.6 Å². The monoisotopic (exact) mass is 429 g/mol. The number of hydrogen-bond acceptors (Lipinski definition) is 4.